The number of aromatic nitrogens is 1. The number of benzene rings is 3. The van der Waals surface area contributed by atoms with E-state index in [-0.39, 0.29) is 5.91 Å². The van der Waals surface area contributed by atoms with Crippen molar-refractivity contribution in [3.05, 3.63) is 113 Å². The van der Waals surface area contributed by atoms with Crippen molar-refractivity contribution in [2.24, 2.45) is 0 Å². The molecule has 0 saturated heterocycles. The fourth-order valence-electron chi connectivity index (χ4n) is 4.55. The zero-order valence-electron chi connectivity index (χ0n) is 21.0. The highest BCUT2D eigenvalue weighted by molar-refractivity contribution is 6.09. The summed E-state index contributed by atoms with van der Waals surface area (Å²) in [6.45, 7) is 4.18. The number of hydrogen-bond donors (Lipinski definition) is 1. The highest BCUT2D eigenvalue weighted by atomic mass is 16.1. The van der Waals surface area contributed by atoms with Crippen LogP contribution in [-0.2, 0) is 6.42 Å². The number of rotatable bonds is 10. The standard InChI is InChI=1S/C32H32N2O2/c1-3-4-5-10-25(26-17-15-24(22-35)16-18-26)19-20-27-11-6-9-23(2)30(27)32(36)34-29-14-7-12-28-13-8-21-33-31(28)29/h6-9,11-19,21-22H,3-5,10,20H2,1-2H3,(H,34,36). The van der Waals surface area contributed by atoms with Crippen molar-refractivity contribution in [2.45, 2.75) is 46.0 Å². The maximum atomic E-state index is 13.5. The lowest BCUT2D eigenvalue weighted by atomic mass is 9.94. The van der Waals surface area contributed by atoms with Gasteiger partial charge in [-0.25, -0.2) is 0 Å². The van der Waals surface area contributed by atoms with Gasteiger partial charge in [0.05, 0.1) is 11.2 Å². The first kappa shape index (κ1) is 25.1. The van der Waals surface area contributed by atoms with Crippen LogP contribution in [0.1, 0.15) is 70.0 Å². The zero-order valence-corrected chi connectivity index (χ0v) is 21.0. The number of carbonyl (C=O) groups excluding carboxylic acids is 2. The molecule has 3 aromatic carbocycles. The number of hydrogen-bond acceptors (Lipinski definition) is 3. The molecular weight excluding hydrogens is 444 g/mol. The van der Waals surface area contributed by atoms with Crippen molar-refractivity contribution < 1.29 is 9.59 Å². The molecule has 36 heavy (non-hydrogen) atoms. The Kier molecular flexibility index (Phi) is 8.40. The van der Waals surface area contributed by atoms with Gasteiger partial charge in [0, 0.05) is 22.7 Å². The van der Waals surface area contributed by atoms with Gasteiger partial charge < -0.3 is 5.32 Å². The van der Waals surface area contributed by atoms with Crippen molar-refractivity contribution in [2.75, 3.05) is 5.32 Å². The van der Waals surface area contributed by atoms with E-state index in [1.165, 1.54) is 12.0 Å². The molecule has 0 unspecified atom stereocenters. The molecule has 4 heteroatoms. The average Bonchev–Trinajstić information content (AvgIpc) is 2.91. The van der Waals surface area contributed by atoms with Crippen molar-refractivity contribution >= 4 is 34.4 Å². The molecule has 0 fully saturated rings. The number of unbranched alkanes of at least 4 members (excludes halogenated alkanes) is 2. The highest BCUT2D eigenvalue weighted by Crippen LogP contribution is 2.26. The minimum Gasteiger partial charge on any atom is -0.320 e. The van der Waals surface area contributed by atoms with Gasteiger partial charge in [-0.05, 0) is 60.6 Å². The quantitative estimate of drug-likeness (QED) is 0.187. The van der Waals surface area contributed by atoms with Crippen molar-refractivity contribution in [3.63, 3.8) is 0 Å². The molecular formula is C32H32N2O2. The molecule has 0 radical (unpaired) electrons. The second-order valence-electron chi connectivity index (χ2n) is 9.07. The summed E-state index contributed by atoms with van der Waals surface area (Å²) < 4.78 is 0. The van der Waals surface area contributed by atoms with Crippen LogP contribution in [0.15, 0.2) is 85.1 Å². The Labute approximate surface area is 213 Å². The van der Waals surface area contributed by atoms with Crippen LogP contribution < -0.4 is 5.32 Å². The predicted molar refractivity (Wildman–Crippen MR) is 149 cm³/mol. The molecule has 0 saturated carbocycles. The van der Waals surface area contributed by atoms with E-state index in [2.05, 4.69) is 23.3 Å². The largest absolute Gasteiger partial charge is 0.320 e. The van der Waals surface area contributed by atoms with Gasteiger partial charge in [-0.1, -0.05) is 86.5 Å². The smallest absolute Gasteiger partial charge is 0.256 e. The Balaban J connectivity index is 1.63. The number of anilines is 1. The average molecular weight is 477 g/mol. The van der Waals surface area contributed by atoms with E-state index < -0.39 is 0 Å². The van der Waals surface area contributed by atoms with Gasteiger partial charge in [0.25, 0.3) is 5.91 Å². The maximum Gasteiger partial charge on any atom is 0.256 e. The van der Waals surface area contributed by atoms with Gasteiger partial charge in [-0.15, -0.1) is 0 Å². The van der Waals surface area contributed by atoms with Crippen LogP contribution in [0.2, 0.25) is 0 Å². The topological polar surface area (TPSA) is 59.1 Å². The molecule has 4 rings (SSSR count). The summed E-state index contributed by atoms with van der Waals surface area (Å²) in [5.41, 5.74) is 7.15. The second-order valence-corrected chi connectivity index (χ2v) is 9.07. The summed E-state index contributed by atoms with van der Waals surface area (Å²) in [4.78, 5) is 29.1. The van der Waals surface area contributed by atoms with E-state index >= 15 is 0 Å². The lowest BCUT2D eigenvalue weighted by Gasteiger charge is -2.14. The van der Waals surface area contributed by atoms with Crippen LogP contribution >= 0.6 is 0 Å². The summed E-state index contributed by atoms with van der Waals surface area (Å²) >= 11 is 0. The van der Waals surface area contributed by atoms with Gasteiger partial charge >= 0.3 is 0 Å². The number of carbonyl (C=O) groups is 2. The Bertz CT molecular complexity index is 1380. The van der Waals surface area contributed by atoms with Crippen molar-refractivity contribution in [1.29, 1.82) is 0 Å². The molecule has 0 spiro atoms. The summed E-state index contributed by atoms with van der Waals surface area (Å²) in [6.07, 6.45) is 9.88. The molecule has 1 amide bonds. The molecule has 1 heterocycles. The maximum absolute atomic E-state index is 13.5. The van der Waals surface area contributed by atoms with E-state index in [0.717, 1.165) is 53.1 Å². The summed E-state index contributed by atoms with van der Waals surface area (Å²) in [5.74, 6) is -0.127. The molecule has 1 N–H and O–H groups in total. The van der Waals surface area contributed by atoms with Crippen LogP contribution in [0.3, 0.4) is 0 Å². The molecule has 0 atom stereocenters. The van der Waals surface area contributed by atoms with Crippen LogP contribution in [-0.4, -0.2) is 17.2 Å². The van der Waals surface area contributed by atoms with Crippen molar-refractivity contribution in [3.8, 4) is 0 Å². The van der Waals surface area contributed by atoms with E-state index in [0.29, 0.717) is 23.2 Å². The van der Waals surface area contributed by atoms with E-state index in [1.807, 2.05) is 79.7 Å². The lowest BCUT2D eigenvalue weighted by molar-refractivity contribution is 0.102. The third kappa shape index (κ3) is 5.95. The third-order valence-corrected chi connectivity index (χ3v) is 6.50. The summed E-state index contributed by atoms with van der Waals surface area (Å²) in [5, 5.41) is 4.09. The van der Waals surface area contributed by atoms with Gasteiger partial charge in [-0.2, -0.15) is 0 Å². The number of para-hydroxylation sites is 1. The number of fused-ring (bicyclic) bond motifs is 1. The summed E-state index contributed by atoms with van der Waals surface area (Å²) in [6, 6.07) is 23.4. The van der Waals surface area contributed by atoms with Crippen LogP contribution in [0.4, 0.5) is 5.69 Å². The number of nitrogens with zero attached hydrogens (tertiary/aromatic N) is 1. The number of aryl methyl sites for hydroxylation is 1. The van der Waals surface area contributed by atoms with E-state index in [4.69, 9.17) is 0 Å². The molecule has 1 aromatic heterocycles. The fraction of sp³-hybridized carbons (Fsp3) is 0.219. The second kappa shape index (κ2) is 12.1. The minimum atomic E-state index is -0.127. The minimum absolute atomic E-state index is 0.127. The molecule has 182 valence electrons. The Morgan fingerprint density at radius 3 is 2.50 bits per heavy atom. The van der Waals surface area contributed by atoms with Crippen LogP contribution in [0.5, 0.6) is 0 Å². The summed E-state index contributed by atoms with van der Waals surface area (Å²) in [7, 11) is 0. The Hall–Kier alpha value is -4.05. The number of nitrogens with one attached hydrogen (secondary N) is 1. The first-order valence-corrected chi connectivity index (χ1v) is 12.6. The van der Waals surface area contributed by atoms with E-state index in [1.54, 1.807) is 6.20 Å². The predicted octanol–water partition coefficient (Wildman–Crippen LogP) is 7.81. The van der Waals surface area contributed by atoms with Crippen LogP contribution in [0, 0.1) is 6.92 Å². The molecule has 4 aromatic rings. The highest BCUT2D eigenvalue weighted by Gasteiger charge is 2.16. The van der Waals surface area contributed by atoms with Gasteiger partial charge in [0.1, 0.15) is 6.29 Å². The molecule has 0 aliphatic heterocycles. The molecule has 0 aliphatic rings. The first-order chi connectivity index (χ1) is 17.6. The monoisotopic (exact) mass is 476 g/mol. The normalized spacial score (nSPS) is 11.4. The number of allylic oxidation sites excluding steroid dienone is 2. The fourth-order valence-corrected chi connectivity index (χ4v) is 4.55. The van der Waals surface area contributed by atoms with Crippen LogP contribution in [0.25, 0.3) is 16.5 Å². The molecule has 4 nitrogen and oxygen atoms in total. The molecule has 0 bridgehead atoms. The number of aldehydes is 1. The lowest BCUT2D eigenvalue weighted by Crippen LogP contribution is -2.16. The van der Waals surface area contributed by atoms with Crippen molar-refractivity contribution in [1.82, 2.24) is 4.98 Å². The Morgan fingerprint density at radius 1 is 0.944 bits per heavy atom. The van der Waals surface area contributed by atoms with E-state index in [9.17, 15) is 9.59 Å². The molecule has 0 aliphatic carbocycles. The zero-order chi connectivity index (χ0) is 25.3. The van der Waals surface area contributed by atoms with Gasteiger partial charge in [-0.3, -0.25) is 14.6 Å². The Morgan fingerprint density at radius 2 is 1.72 bits per heavy atom. The first-order valence-electron chi connectivity index (χ1n) is 12.6. The number of amides is 1. The van der Waals surface area contributed by atoms with Gasteiger partial charge in [0.15, 0.2) is 0 Å². The number of pyridine rings is 1. The third-order valence-electron chi connectivity index (χ3n) is 6.50. The SMILES string of the molecule is CCCCCC(=CCc1cccc(C)c1C(=O)Nc1cccc2cccnc12)c1ccc(C=O)cc1. The van der Waals surface area contributed by atoms with Gasteiger partial charge in [0.2, 0.25) is 0 Å².